The molecule has 0 saturated carbocycles. The smallest absolute Gasteiger partial charge is 0.408 e. The quantitative estimate of drug-likeness (QED) is 0.734. The zero-order chi connectivity index (χ0) is 19.2. The van der Waals surface area contributed by atoms with Crippen LogP contribution in [0.1, 0.15) is 48.5 Å². The lowest BCUT2D eigenvalue weighted by Gasteiger charge is -2.38. The van der Waals surface area contributed by atoms with E-state index in [1.165, 1.54) is 0 Å². The molecule has 1 N–H and O–H groups in total. The standard InChI is InChI=1S/C18H34N2O5/c1-12(2)15(19-17(22)25-18(5,6)7)16(21)24-11-14-10-23-9-8-20(14)13(3)4/h12-15H,8-11H2,1-7H3,(H,19,22)/t14-,15-/m0/s1. The summed E-state index contributed by atoms with van der Waals surface area (Å²) < 4.78 is 16.2. The first-order valence-electron chi connectivity index (χ1n) is 9.01. The molecule has 25 heavy (non-hydrogen) atoms. The third kappa shape index (κ3) is 7.61. The minimum absolute atomic E-state index is 0.0343. The lowest BCUT2D eigenvalue weighted by atomic mass is 10.1. The predicted molar refractivity (Wildman–Crippen MR) is 95.4 cm³/mol. The number of morpholine rings is 1. The van der Waals surface area contributed by atoms with Crippen LogP contribution in [0, 0.1) is 5.92 Å². The van der Waals surface area contributed by atoms with Gasteiger partial charge in [0.25, 0.3) is 0 Å². The summed E-state index contributed by atoms with van der Waals surface area (Å²) >= 11 is 0. The minimum atomic E-state index is -0.744. The topological polar surface area (TPSA) is 77.1 Å². The van der Waals surface area contributed by atoms with Gasteiger partial charge in [-0.3, -0.25) is 4.90 Å². The van der Waals surface area contributed by atoms with Gasteiger partial charge in [0, 0.05) is 12.6 Å². The number of carbonyl (C=O) groups excluding carboxylic acids is 2. The highest BCUT2D eigenvalue weighted by atomic mass is 16.6. The van der Waals surface area contributed by atoms with Gasteiger partial charge in [0.15, 0.2) is 0 Å². The molecule has 0 aliphatic carbocycles. The van der Waals surface area contributed by atoms with Crippen LogP contribution in [-0.2, 0) is 19.0 Å². The first-order chi connectivity index (χ1) is 11.5. The van der Waals surface area contributed by atoms with Crippen molar-refractivity contribution in [3.05, 3.63) is 0 Å². The number of esters is 1. The van der Waals surface area contributed by atoms with Crippen LogP contribution in [0.3, 0.4) is 0 Å². The number of rotatable bonds is 6. The van der Waals surface area contributed by atoms with E-state index in [2.05, 4.69) is 24.1 Å². The van der Waals surface area contributed by atoms with Crippen molar-refractivity contribution in [1.82, 2.24) is 10.2 Å². The van der Waals surface area contributed by atoms with E-state index >= 15 is 0 Å². The highest BCUT2D eigenvalue weighted by Gasteiger charge is 2.31. The summed E-state index contributed by atoms with van der Waals surface area (Å²) in [5.74, 6) is -0.557. The molecular formula is C18H34N2O5. The molecule has 146 valence electrons. The Bertz CT molecular complexity index is 445. The maximum atomic E-state index is 12.5. The monoisotopic (exact) mass is 358 g/mol. The van der Waals surface area contributed by atoms with Crippen LogP contribution in [0.4, 0.5) is 4.79 Å². The number of ether oxygens (including phenoxy) is 3. The van der Waals surface area contributed by atoms with Gasteiger partial charge < -0.3 is 19.5 Å². The second kappa shape index (κ2) is 9.38. The number of hydrogen-bond acceptors (Lipinski definition) is 6. The summed E-state index contributed by atoms with van der Waals surface area (Å²) in [6.45, 7) is 15.6. The molecule has 0 spiro atoms. The van der Waals surface area contributed by atoms with Crippen molar-refractivity contribution in [3.63, 3.8) is 0 Å². The van der Waals surface area contributed by atoms with E-state index in [9.17, 15) is 9.59 Å². The highest BCUT2D eigenvalue weighted by Crippen LogP contribution is 2.13. The van der Waals surface area contributed by atoms with Gasteiger partial charge in [-0.2, -0.15) is 0 Å². The largest absolute Gasteiger partial charge is 0.462 e. The number of alkyl carbamates (subject to hydrolysis) is 1. The average Bonchev–Trinajstić information content (AvgIpc) is 2.48. The highest BCUT2D eigenvalue weighted by molar-refractivity contribution is 5.81. The molecular weight excluding hydrogens is 324 g/mol. The Balaban J connectivity index is 2.60. The fraction of sp³-hybridized carbons (Fsp3) is 0.889. The van der Waals surface area contributed by atoms with E-state index in [1.807, 2.05) is 13.8 Å². The molecule has 7 heteroatoms. The van der Waals surface area contributed by atoms with Crippen LogP contribution >= 0.6 is 0 Å². The van der Waals surface area contributed by atoms with Crippen molar-refractivity contribution >= 4 is 12.1 Å². The van der Waals surface area contributed by atoms with Crippen LogP contribution in [0.2, 0.25) is 0 Å². The van der Waals surface area contributed by atoms with Gasteiger partial charge in [0.2, 0.25) is 0 Å². The van der Waals surface area contributed by atoms with Crippen molar-refractivity contribution in [2.75, 3.05) is 26.4 Å². The molecule has 0 unspecified atom stereocenters. The Hall–Kier alpha value is -1.34. The molecule has 0 bridgehead atoms. The maximum Gasteiger partial charge on any atom is 0.408 e. The zero-order valence-electron chi connectivity index (χ0n) is 16.6. The number of nitrogens with one attached hydrogen (secondary N) is 1. The van der Waals surface area contributed by atoms with Gasteiger partial charge in [-0.05, 0) is 40.5 Å². The second-order valence-electron chi connectivity index (χ2n) is 8.06. The fourth-order valence-electron chi connectivity index (χ4n) is 2.69. The number of amides is 1. The molecule has 1 heterocycles. The van der Waals surface area contributed by atoms with Crippen molar-refractivity contribution in [1.29, 1.82) is 0 Å². The second-order valence-corrected chi connectivity index (χ2v) is 8.06. The summed E-state index contributed by atoms with van der Waals surface area (Å²) in [6, 6.07) is -0.354. The molecule has 1 rings (SSSR count). The molecule has 1 saturated heterocycles. The number of hydrogen-bond donors (Lipinski definition) is 1. The van der Waals surface area contributed by atoms with Crippen LogP contribution in [0.25, 0.3) is 0 Å². The summed E-state index contributed by atoms with van der Waals surface area (Å²) in [7, 11) is 0. The molecule has 1 amide bonds. The van der Waals surface area contributed by atoms with E-state index in [0.29, 0.717) is 19.3 Å². The molecule has 1 aliphatic rings. The Kier molecular flexibility index (Phi) is 8.15. The normalized spacial score (nSPS) is 20.4. The van der Waals surface area contributed by atoms with E-state index in [-0.39, 0.29) is 18.6 Å². The van der Waals surface area contributed by atoms with Crippen LogP contribution in [-0.4, -0.2) is 67.1 Å². The Morgan fingerprint density at radius 1 is 1.24 bits per heavy atom. The maximum absolute atomic E-state index is 12.5. The predicted octanol–water partition coefficient (Wildman–Crippen LogP) is 2.19. The zero-order valence-corrected chi connectivity index (χ0v) is 16.6. The molecule has 1 aliphatic heterocycles. The average molecular weight is 358 g/mol. The van der Waals surface area contributed by atoms with Gasteiger partial charge in [-0.1, -0.05) is 13.8 Å². The van der Waals surface area contributed by atoms with E-state index in [0.717, 1.165) is 6.54 Å². The van der Waals surface area contributed by atoms with Crippen molar-refractivity contribution in [2.24, 2.45) is 5.92 Å². The molecule has 0 aromatic heterocycles. The van der Waals surface area contributed by atoms with E-state index < -0.39 is 23.7 Å². The summed E-state index contributed by atoms with van der Waals surface area (Å²) in [5.41, 5.74) is -0.618. The lowest BCUT2D eigenvalue weighted by Crippen LogP contribution is -2.52. The fourth-order valence-corrected chi connectivity index (χ4v) is 2.69. The van der Waals surface area contributed by atoms with Crippen molar-refractivity contribution < 1.29 is 23.8 Å². The first kappa shape index (κ1) is 21.7. The molecule has 7 nitrogen and oxygen atoms in total. The summed E-state index contributed by atoms with van der Waals surface area (Å²) in [5, 5.41) is 2.61. The first-order valence-corrected chi connectivity index (χ1v) is 9.01. The van der Waals surface area contributed by atoms with Gasteiger partial charge in [-0.15, -0.1) is 0 Å². The van der Waals surface area contributed by atoms with Gasteiger partial charge in [-0.25, -0.2) is 9.59 Å². The molecule has 0 radical (unpaired) electrons. The third-order valence-electron chi connectivity index (χ3n) is 3.95. The van der Waals surface area contributed by atoms with Gasteiger partial charge in [0.1, 0.15) is 18.2 Å². The molecule has 1 fully saturated rings. The minimum Gasteiger partial charge on any atom is -0.462 e. The molecule has 0 aromatic carbocycles. The number of nitrogens with zero attached hydrogens (tertiary/aromatic N) is 1. The Labute approximate surface area is 151 Å². The molecule has 0 aromatic rings. The summed E-state index contributed by atoms with van der Waals surface area (Å²) in [4.78, 5) is 26.7. The van der Waals surface area contributed by atoms with E-state index in [1.54, 1.807) is 20.8 Å². The van der Waals surface area contributed by atoms with Crippen LogP contribution < -0.4 is 5.32 Å². The van der Waals surface area contributed by atoms with Gasteiger partial charge >= 0.3 is 12.1 Å². The van der Waals surface area contributed by atoms with E-state index in [4.69, 9.17) is 14.2 Å². The van der Waals surface area contributed by atoms with Crippen LogP contribution in [0.15, 0.2) is 0 Å². The lowest BCUT2D eigenvalue weighted by molar-refractivity contribution is -0.152. The van der Waals surface area contributed by atoms with Crippen molar-refractivity contribution in [2.45, 2.75) is 72.2 Å². The Morgan fingerprint density at radius 2 is 1.88 bits per heavy atom. The SMILES string of the molecule is CC(C)[C@H](NC(=O)OC(C)(C)C)C(=O)OC[C@@H]1COCCN1C(C)C. The van der Waals surface area contributed by atoms with Gasteiger partial charge in [0.05, 0.1) is 19.3 Å². The third-order valence-corrected chi connectivity index (χ3v) is 3.95. The number of carbonyl (C=O) groups is 2. The Morgan fingerprint density at radius 3 is 2.40 bits per heavy atom. The summed E-state index contributed by atoms with van der Waals surface area (Å²) in [6.07, 6.45) is -0.618. The van der Waals surface area contributed by atoms with Crippen LogP contribution in [0.5, 0.6) is 0 Å². The molecule has 2 atom stereocenters. The van der Waals surface area contributed by atoms with Crippen molar-refractivity contribution in [3.8, 4) is 0 Å².